The molecule has 7 rings (SSSR count). The van der Waals surface area contributed by atoms with Crippen molar-refractivity contribution in [2.75, 3.05) is 64.4 Å². The van der Waals surface area contributed by atoms with E-state index >= 15 is 0 Å². The normalized spacial score (nSPS) is 18.3. The molecule has 0 spiro atoms. The molecule has 2 fully saturated rings. The molecular formula is C45H54F2N6O12. The summed E-state index contributed by atoms with van der Waals surface area (Å²) in [7, 11) is 0. The van der Waals surface area contributed by atoms with Gasteiger partial charge in [-0.15, -0.1) is 0 Å². The number of benzene rings is 3. The van der Waals surface area contributed by atoms with Crippen LogP contribution in [0.1, 0.15) is 73.8 Å². The Kier molecular flexibility index (Phi) is 16.5. The van der Waals surface area contributed by atoms with Crippen LogP contribution >= 0.6 is 0 Å². The van der Waals surface area contributed by atoms with Gasteiger partial charge in [0, 0.05) is 54.7 Å². The lowest BCUT2D eigenvalue weighted by Gasteiger charge is -2.25. The van der Waals surface area contributed by atoms with Gasteiger partial charge in [0.2, 0.25) is 11.7 Å². The summed E-state index contributed by atoms with van der Waals surface area (Å²) in [5.74, 6) is -4.34. The zero-order chi connectivity index (χ0) is 45.6. The van der Waals surface area contributed by atoms with Gasteiger partial charge in [0.15, 0.2) is 17.5 Å². The highest BCUT2D eigenvalue weighted by Crippen LogP contribution is 2.43. The van der Waals surface area contributed by atoms with E-state index in [1.165, 1.54) is 5.06 Å². The van der Waals surface area contributed by atoms with Crippen LogP contribution in [-0.4, -0.2) is 110 Å². The summed E-state index contributed by atoms with van der Waals surface area (Å²) in [5.41, 5.74) is 1.92. The molecule has 1 aromatic heterocycles. The van der Waals surface area contributed by atoms with Gasteiger partial charge < -0.3 is 49.3 Å². The van der Waals surface area contributed by atoms with Crippen molar-refractivity contribution in [3.05, 3.63) is 83.6 Å². The molecule has 20 heteroatoms. The first kappa shape index (κ1) is 47.1. The third-order valence-corrected chi connectivity index (χ3v) is 10.8. The fourth-order valence-corrected chi connectivity index (χ4v) is 7.37. The van der Waals surface area contributed by atoms with Crippen LogP contribution < -0.4 is 35.4 Å². The predicted molar refractivity (Wildman–Crippen MR) is 228 cm³/mol. The summed E-state index contributed by atoms with van der Waals surface area (Å²) in [6, 6.07) is 14.4. The lowest BCUT2D eigenvalue weighted by molar-refractivity contribution is -0.252. The summed E-state index contributed by atoms with van der Waals surface area (Å²) < 4.78 is 49.7. The van der Waals surface area contributed by atoms with Crippen molar-refractivity contribution < 1.29 is 66.5 Å². The highest BCUT2D eigenvalue weighted by atomic mass is 19.1. The number of piperidine rings is 1. The molecule has 3 aliphatic heterocycles. The van der Waals surface area contributed by atoms with E-state index < -0.39 is 35.3 Å². The van der Waals surface area contributed by atoms with Gasteiger partial charge in [0.25, 0.3) is 23.5 Å². The number of aromatic amines is 1. The Hall–Kier alpha value is -5.90. The number of anilines is 1. The van der Waals surface area contributed by atoms with Crippen LogP contribution in [0.5, 0.6) is 17.2 Å². The summed E-state index contributed by atoms with van der Waals surface area (Å²) in [4.78, 5) is 69.4. The van der Waals surface area contributed by atoms with Crippen LogP contribution in [0.25, 0.3) is 10.9 Å². The maximum Gasteiger partial charge on any atom is 0.282 e. The van der Waals surface area contributed by atoms with Crippen molar-refractivity contribution in [3.8, 4) is 17.2 Å². The standard InChI is InChI=1S/C45H54F2N6O12/c46-32-24-30(25-33(47)28-32)29-49-44(57)45(58)14-16-52(65-45)34-10-11-35-31(26-34)27-36(50-35)42(55)48-15-5-3-1-2-4-6-17-59-18-19-60-20-21-61-22-23-62-38-8-7-9-39-41(38)64-53(63-39)37-12-13-40(54)51-43(37)56/h7-11,24-28,37,50,58H,1-6,12-23,29H2,(H,48,55)(H,49,57)(H,51,54,56). The van der Waals surface area contributed by atoms with E-state index in [4.69, 9.17) is 33.5 Å². The van der Waals surface area contributed by atoms with Crippen molar-refractivity contribution >= 4 is 40.2 Å². The Morgan fingerprint density at radius 2 is 1.55 bits per heavy atom. The molecule has 4 heterocycles. The zero-order valence-corrected chi connectivity index (χ0v) is 35.9. The fraction of sp³-hybridized carbons (Fsp3) is 0.467. The molecule has 4 amide bonds. The Morgan fingerprint density at radius 3 is 2.32 bits per heavy atom. The second-order valence-electron chi connectivity index (χ2n) is 15.7. The van der Waals surface area contributed by atoms with Gasteiger partial charge in [-0.1, -0.05) is 31.7 Å². The van der Waals surface area contributed by atoms with E-state index in [1.54, 1.807) is 42.5 Å². The molecule has 0 radical (unpaired) electrons. The SMILES string of the molecule is O=C1CCC(N2Oc3cccc(OCCOCCOCCOCCCCCCCCNC(=O)c4cc5cc(N6CCC(O)(C(=O)NCc7cc(F)cc(F)c7)O6)ccc5[nH]4)c3O2)C(=O)N1. The topological polar surface area (TPSA) is 211 Å². The van der Waals surface area contributed by atoms with Gasteiger partial charge in [-0.2, -0.15) is 0 Å². The number of nitrogens with one attached hydrogen (secondary N) is 4. The van der Waals surface area contributed by atoms with Crippen LogP contribution in [0.3, 0.4) is 0 Å². The zero-order valence-electron chi connectivity index (χ0n) is 35.9. The lowest BCUT2D eigenvalue weighted by atomic mass is 10.1. The molecular weight excluding hydrogens is 855 g/mol. The summed E-state index contributed by atoms with van der Waals surface area (Å²) in [6.45, 7) is 3.61. The Balaban J connectivity index is 0.664. The van der Waals surface area contributed by atoms with Crippen LogP contribution in [-0.2, 0) is 40.0 Å². The van der Waals surface area contributed by atoms with Crippen LogP contribution in [0.15, 0.2) is 60.7 Å². The number of hydrogen-bond acceptors (Lipinski definition) is 14. The molecule has 5 N–H and O–H groups in total. The highest BCUT2D eigenvalue weighted by Gasteiger charge is 2.45. The third kappa shape index (κ3) is 13.1. The van der Waals surface area contributed by atoms with Gasteiger partial charge in [0.1, 0.15) is 23.9 Å². The first-order valence-electron chi connectivity index (χ1n) is 21.9. The van der Waals surface area contributed by atoms with Crippen molar-refractivity contribution in [2.45, 2.75) is 76.2 Å². The number of aliphatic hydroxyl groups is 1. The monoisotopic (exact) mass is 908 g/mol. The van der Waals surface area contributed by atoms with Crippen molar-refractivity contribution in [1.29, 1.82) is 0 Å². The van der Waals surface area contributed by atoms with Crippen molar-refractivity contribution in [3.63, 3.8) is 0 Å². The molecule has 2 unspecified atom stereocenters. The molecule has 0 bridgehead atoms. The van der Waals surface area contributed by atoms with E-state index in [0.29, 0.717) is 74.8 Å². The highest BCUT2D eigenvalue weighted by molar-refractivity contribution is 6.00. The molecule has 3 aliphatic rings. The second-order valence-corrected chi connectivity index (χ2v) is 15.7. The number of halogens is 2. The maximum atomic E-state index is 13.5. The fourth-order valence-electron chi connectivity index (χ4n) is 7.37. The molecule has 2 atom stereocenters. The smallest absolute Gasteiger partial charge is 0.282 e. The number of H-pyrrole nitrogens is 1. The Labute approximate surface area is 373 Å². The second kappa shape index (κ2) is 22.8. The average molecular weight is 909 g/mol. The van der Waals surface area contributed by atoms with E-state index in [2.05, 4.69) is 20.9 Å². The third-order valence-electron chi connectivity index (χ3n) is 10.8. The Morgan fingerprint density at radius 1 is 0.831 bits per heavy atom. The number of carbonyl (C=O) groups excluding carboxylic acids is 4. The predicted octanol–water partition coefficient (Wildman–Crippen LogP) is 4.50. The first-order valence-corrected chi connectivity index (χ1v) is 21.9. The van der Waals surface area contributed by atoms with E-state index in [9.17, 15) is 33.1 Å². The number of ether oxygens (including phenoxy) is 4. The average Bonchev–Trinajstić information content (AvgIpc) is 4.03. The molecule has 4 aromatic rings. The van der Waals surface area contributed by atoms with Crippen molar-refractivity contribution in [1.82, 2.24) is 26.2 Å². The Bertz CT molecular complexity index is 2260. The molecule has 2 saturated heterocycles. The molecule has 65 heavy (non-hydrogen) atoms. The molecule has 350 valence electrons. The number of rotatable bonds is 25. The van der Waals surface area contributed by atoms with E-state index in [1.807, 2.05) is 0 Å². The minimum absolute atomic E-state index is 0.0363. The summed E-state index contributed by atoms with van der Waals surface area (Å²) >= 11 is 0. The number of fused-ring (bicyclic) bond motifs is 2. The number of hydrogen-bond donors (Lipinski definition) is 5. The number of amides is 4. The number of carbonyl (C=O) groups is 4. The van der Waals surface area contributed by atoms with Crippen LogP contribution in [0.2, 0.25) is 0 Å². The van der Waals surface area contributed by atoms with Crippen LogP contribution in [0.4, 0.5) is 14.5 Å². The minimum Gasteiger partial charge on any atom is -0.487 e. The van der Waals surface area contributed by atoms with E-state index in [-0.39, 0.29) is 56.3 Å². The molecule has 0 aliphatic carbocycles. The maximum absolute atomic E-state index is 13.5. The molecule has 0 saturated carbocycles. The van der Waals surface area contributed by atoms with Gasteiger partial charge in [0.05, 0.1) is 45.3 Å². The summed E-state index contributed by atoms with van der Waals surface area (Å²) in [6.07, 6.45) is 6.43. The summed E-state index contributed by atoms with van der Waals surface area (Å²) in [5, 5.41) is 21.8. The first-order chi connectivity index (χ1) is 31.5. The largest absolute Gasteiger partial charge is 0.487 e. The lowest BCUT2D eigenvalue weighted by Crippen LogP contribution is -2.53. The van der Waals surface area contributed by atoms with Gasteiger partial charge >= 0.3 is 0 Å². The van der Waals surface area contributed by atoms with Gasteiger partial charge in [-0.05, 0) is 73.4 Å². The number of aromatic nitrogens is 1. The van der Waals surface area contributed by atoms with Crippen LogP contribution in [0, 0.1) is 11.6 Å². The van der Waals surface area contributed by atoms with Gasteiger partial charge in [-0.3, -0.25) is 29.6 Å². The molecule has 3 aromatic carbocycles. The minimum atomic E-state index is -2.16. The molecule has 18 nitrogen and oxygen atoms in total. The number of hydroxylamine groups is 3. The number of imide groups is 1. The number of para-hydroxylation sites is 1. The van der Waals surface area contributed by atoms with Crippen molar-refractivity contribution in [2.24, 2.45) is 0 Å². The van der Waals surface area contributed by atoms with Gasteiger partial charge in [-0.25, -0.2) is 13.6 Å². The number of unbranched alkanes of at least 4 members (excludes halogenated alkanes) is 5. The number of nitrogens with zero attached hydrogens (tertiary/aromatic N) is 2. The quantitative estimate of drug-likeness (QED) is 0.0458. The van der Waals surface area contributed by atoms with E-state index in [0.717, 1.165) is 72.9 Å².